The number of pyridine rings is 1. The van der Waals surface area contributed by atoms with Gasteiger partial charge >= 0.3 is 0 Å². The molecule has 4 rings (SSSR count). The fraction of sp³-hybridized carbons (Fsp3) is 0.292. The fourth-order valence-corrected chi connectivity index (χ4v) is 3.95. The van der Waals surface area contributed by atoms with Crippen LogP contribution in [0, 0.1) is 5.82 Å². The van der Waals surface area contributed by atoms with Crippen molar-refractivity contribution in [2.24, 2.45) is 0 Å². The van der Waals surface area contributed by atoms with Gasteiger partial charge in [-0.2, -0.15) is 0 Å². The highest BCUT2D eigenvalue weighted by atomic mass is 19.1. The molecule has 3 heterocycles. The third-order valence-electron chi connectivity index (χ3n) is 5.66. The molecule has 170 valence electrons. The van der Waals surface area contributed by atoms with E-state index in [1.165, 1.54) is 18.5 Å². The van der Waals surface area contributed by atoms with E-state index in [1.54, 1.807) is 23.2 Å². The molecule has 9 heteroatoms. The number of nitrogens with two attached hydrogens (primary N) is 1. The molecule has 0 aliphatic carbocycles. The summed E-state index contributed by atoms with van der Waals surface area (Å²) in [5, 5.41) is 2.69. The molecule has 0 atom stereocenters. The summed E-state index contributed by atoms with van der Waals surface area (Å²) in [5.41, 5.74) is 9.05. The molecule has 0 unspecified atom stereocenters. The summed E-state index contributed by atoms with van der Waals surface area (Å²) in [6.45, 7) is 3.36. The molecule has 2 aromatic heterocycles. The van der Waals surface area contributed by atoms with Crippen LogP contribution in [0.2, 0.25) is 0 Å². The second-order valence-corrected chi connectivity index (χ2v) is 7.80. The van der Waals surface area contributed by atoms with E-state index in [4.69, 9.17) is 5.73 Å². The number of carbonyl (C=O) groups is 2. The average molecular weight is 449 g/mol. The largest absolute Gasteiger partial charge is 0.384 e. The summed E-state index contributed by atoms with van der Waals surface area (Å²) in [6.07, 6.45) is 5.11. The Labute approximate surface area is 191 Å². The molecule has 8 nitrogen and oxygen atoms in total. The maximum absolute atomic E-state index is 14.9. The van der Waals surface area contributed by atoms with E-state index in [2.05, 4.69) is 20.3 Å². The lowest BCUT2D eigenvalue weighted by Crippen LogP contribution is -2.35. The van der Waals surface area contributed by atoms with E-state index in [1.807, 2.05) is 13.0 Å². The number of hydrogen-bond acceptors (Lipinski definition) is 6. The van der Waals surface area contributed by atoms with Crippen molar-refractivity contribution in [3.8, 4) is 22.4 Å². The number of anilines is 1. The smallest absolute Gasteiger partial charge is 0.254 e. The van der Waals surface area contributed by atoms with Crippen LogP contribution < -0.4 is 11.1 Å². The van der Waals surface area contributed by atoms with Gasteiger partial charge in [0.2, 0.25) is 5.91 Å². The van der Waals surface area contributed by atoms with E-state index in [0.29, 0.717) is 43.0 Å². The number of amides is 2. The van der Waals surface area contributed by atoms with Crippen molar-refractivity contribution in [2.75, 3.05) is 25.4 Å². The van der Waals surface area contributed by atoms with Gasteiger partial charge in [0, 0.05) is 48.9 Å². The Morgan fingerprint density at radius 1 is 1.18 bits per heavy atom. The third-order valence-corrected chi connectivity index (χ3v) is 5.66. The van der Waals surface area contributed by atoms with Crippen molar-refractivity contribution < 1.29 is 14.0 Å². The molecular formula is C24H25FN6O2. The minimum atomic E-state index is -0.653. The number of aryl methyl sites for hydroxylation is 1. The van der Waals surface area contributed by atoms with Gasteiger partial charge in [-0.15, -0.1) is 0 Å². The van der Waals surface area contributed by atoms with Crippen LogP contribution in [0.5, 0.6) is 0 Å². The van der Waals surface area contributed by atoms with Crippen LogP contribution >= 0.6 is 0 Å². The molecular weight excluding hydrogens is 423 g/mol. The van der Waals surface area contributed by atoms with Gasteiger partial charge in [-0.05, 0) is 37.1 Å². The van der Waals surface area contributed by atoms with Crippen LogP contribution in [0.3, 0.4) is 0 Å². The SMILES string of the molecule is CCc1ncnc(-c2ccc(C(=O)NCCN3CCCC3=O)c(F)c2)c1-c1ccc(N)nc1. The Morgan fingerprint density at radius 2 is 2.00 bits per heavy atom. The zero-order chi connectivity index (χ0) is 23.4. The van der Waals surface area contributed by atoms with Crippen molar-refractivity contribution >= 4 is 17.6 Å². The number of nitrogens with one attached hydrogen (secondary N) is 1. The maximum atomic E-state index is 14.9. The lowest BCUT2D eigenvalue weighted by molar-refractivity contribution is -0.127. The summed E-state index contributed by atoms with van der Waals surface area (Å²) in [5.74, 6) is -0.695. The number of aromatic nitrogens is 3. The lowest BCUT2D eigenvalue weighted by Gasteiger charge is -2.16. The van der Waals surface area contributed by atoms with E-state index in [9.17, 15) is 14.0 Å². The molecule has 3 aromatic rings. The van der Waals surface area contributed by atoms with E-state index < -0.39 is 11.7 Å². The number of nitrogens with zero attached hydrogens (tertiary/aromatic N) is 4. The first-order valence-electron chi connectivity index (χ1n) is 10.9. The quantitative estimate of drug-likeness (QED) is 0.575. The minimum Gasteiger partial charge on any atom is -0.384 e. The second-order valence-electron chi connectivity index (χ2n) is 7.80. The maximum Gasteiger partial charge on any atom is 0.254 e. The van der Waals surface area contributed by atoms with Crippen molar-refractivity contribution in [3.63, 3.8) is 0 Å². The highest BCUT2D eigenvalue weighted by molar-refractivity contribution is 5.95. The van der Waals surface area contributed by atoms with E-state index >= 15 is 0 Å². The van der Waals surface area contributed by atoms with Crippen LogP contribution in [0.15, 0.2) is 42.9 Å². The van der Waals surface area contributed by atoms with Gasteiger partial charge in [0.25, 0.3) is 5.91 Å². The van der Waals surface area contributed by atoms with Gasteiger partial charge in [0.1, 0.15) is 18.0 Å². The van der Waals surface area contributed by atoms with Crippen LogP contribution in [0.4, 0.5) is 10.2 Å². The highest BCUT2D eigenvalue weighted by Gasteiger charge is 2.21. The molecule has 0 bridgehead atoms. The third kappa shape index (κ3) is 4.82. The molecule has 0 saturated carbocycles. The van der Waals surface area contributed by atoms with Crippen LogP contribution in [-0.2, 0) is 11.2 Å². The first-order chi connectivity index (χ1) is 16.0. The number of benzene rings is 1. The number of hydrogen-bond donors (Lipinski definition) is 2. The zero-order valence-electron chi connectivity index (χ0n) is 18.3. The monoisotopic (exact) mass is 448 g/mol. The molecule has 2 amide bonds. The molecule has 1 aliphatic heterocycles. The van der Waals surface area contributed by atoms with Gasteiger partial charge < -0.3 is 16.0 Å². The summed E-state index contributed by atoms with van der Waals surface area (Å²) in [4.78, 5) is 38.8. The summed E-state index contributed by atoms with van der Waals surface area (Å²) in [6, 6.07) is 7.93. The Bertz CT molecular complexity index is 1180. The zero-order valence-corrected chi connectivity index (χ0v) is 18.3. The molecule has 1 aromatic carbocycles. The van der Waals surface area contributed by atoms with Gasteiger partial charge in [0.05, 0.1) is 17.0 Å². The van der Waals surface area contributed by atoms with Crippen LogP contribution in [-0.4, -0.2) is 51.3 Å². The predicted octanol–water partition coefficient (Wildman–Crippen LogP) is 2.84. The van der Waals surface area contributed by atoms with E-state index in [0.717, 1.165) is 23.2 Å². The molecule has 0 radical (unpaired) electrons. The fourth-order valence-electron chi connectivity index (χ4n) is 3.95. The van der Waals surface area contributed by atoms with Gasteiger partial charge in [-0.25, -0.2) is 19.3 Å². The Hall–Kier alpha value is -3.88. The van der Waals surface area contributed by atoms with Gasteiger partial charge in [0.15, 0.2) is 0 Å². The first-order valence-corrected chi connectivity index (χ1v) is 10.9. The summed E-state index contributed by atoms with van der Waals surface area (Å²) < 4.78 is 14.9. The van der Waals surface area contributed by atoms with Crippen molar-refractivity contribution in [1.82, 2.24) is 25.2 Å². The topological polar surface area (TPSA) is 114 Å². The lowest BCUT2D eigenvalue weighted by atomic mass is 9.97. The molecule has 1 aliphatic rings. The molecule has 0 spiro atoms. The average Bonchev–Trinajstić information content (AvgIpc) is 3.23. The van der Waals surface area contributed by atoms with Crippen molar-refractivity contribution in [1.29, 1.82) is 0 Å². The second kappa shape index (κ2) is 9.72. The first kappa shape index (κ1) is 22.3. The van der Waals surface area contributed by atoms with Gasteiger partial charge in [-0.1, -0.05) is 13.0 Å². The number of likely N-dealkylation sites (tertiary alicyclic amines) is 1. The number of carbonyl (C=O) groups excluding carboxylic acids is 2. The Balaban J connectivity index is 1.57. The minimum absolute atomic E-state index is 0.0630. The summed E-state index contributed by atoms with van der Waals surface area (Å²) >= 11 is 0. The standard InChI is InChI=1S/C24H25FN6O2/c1-2-19-22(16-6-8-20(26)28-13-16)23(30-14-29-19)15-5-7-17(18(25)12-15)24(33)27-9-11-31-10-3-4-21(31)32/h5-8,12-14H,2-4,9-11H2,1H3,(H2,26,28)(H,27,33). The number of nitrogen functional groups attached to an aromatic ring is 1. The predicted molar refractivity (Wildman–Crippen MR) is 123 cm³/mol. The summed E-state index contributed by atoms with van der Waals surface area (Å²) in [7, 11) is 0. The molecule has 1 fully saturated rings. The Kier molecular flexibility index (Phi) is 6.58. The van der Waals surface area contributed by atoms with Crippen molar-refractivity contribution in [2.45, 2.75) is 26.2 Å². The number of halogens is 1. The highest BCUT2D eigenvalue weighted by Crippen LogP contribution is 2.33. The molecule has 33 heavy (non-hydrogen) atoms. The van der Waals surface area contributed by atoms with E-state index in [-0.39, 0.29) is 18.0 Å². The van der Waals surface area contributed by atoms with Crippen LogP contribution in [0.25, 0.3) is 22.4 Å². The normalized spacial score (nSPS) is 13.4. The number of rotatable bonds is 7. The molecule has 3 N–H and O–H groups in total. The van der Waals surface area contributed by atoms with Crippen molar-refractivity contribution in [3.05, 3.63) is 59.9 Å². The Morgan fingerprint density at radius 3 is 2.67 bits per heavy atom. The molecule has 1 saturated heterocycles. The van der Waals surface area contributed by atoms with Gasteiger partial charge in [-0.3, -0.25) is 9.59 Å². The van der Waals surface area contributed by atoms with Crippen LogP contribution in [0.1, 0.15) is 35.8 Å².